The van der Waals surface area contributed by atoms with Crippen molar-refractivity contribution in [2.24, 2.45) is 5.73 Å². The number of carbonyl (C=O) groups is 2. The minimum absolute atomic E-state index is 0.0575. The van der Waals surface area contributed by atoms with E-state index < -0.39 is 26.5 Å². The van der Waals surface area contributed by atoms with E-state index >= 15 is 0 Å². The van der Waals surface area contributed by atoms with Crippen molar-refractivity contribution in [3.63, 3.8) is 0 Å². The molecule has 78 heavy (non-hydrogen) atoms. The average Bonchev–Trinajstić information content (AvgIpc) is 3.43. The largest absolute Gasteiger partial charge is 0.472 e. The molecule has 0 saturated heterocycles. The number of phosphoric ester groups is 1. The molecule has 0 radical (unpaired) electrons. The van der Waals surface area contributed by atoms with Crippen LogP contribution in [-0.4, -0.2) is 49.3 Å². The summed E-state index contributed by atoms with van der Waals surface area (Å²) in [5.41, 5.74) is 5.40. The van der Waals surface area contributed by atoms with Crippen molar-refractivity contribution in [3.05, 3.63) is 12.2 Å². The van der Waals surface area contributed by atoms with E-state index in [4.69, 9.17) is 24.3 Å². The molecule has 2 atom stereocenters. The van der Waals surface area contributed by atoms with Crippen molar-refractivity contribution in [1.82, 2.24) is 0 Å². The maximum absolute atomic E-state index is 12.8. The molecule has 9 nitrogen and oxygen atoms in total. The highest BCUT2D eigenvalue weighted by Gasteiger charge is 2.26. The van der Waals surface area contributed by atoms with Gasteiger partial charge in [0.25, 0.3) is 0 Å². The van der Waals surface area contributed by atoms with Crippen molar-refractivity contribution in [3.8, 4) is 0 Å². The molecule has 0 rings (SSSR count). The van der Waals surface area contributed by atoms with Gasteiger partial charge < -0.3 is 20.1 Å². The number of hydrogen-bond acceptors (Lipinski definition) is 8. The van der Waals surface area contributed by atoms with Gasteiger partial charge in [0.1, 0.15) is 6.61 Å². The number of unbranched alkanes of at least 4 members (excludes halogenated alkanes) is 52. The van der Waals surface area contributed by atoms with E-state index in [2.05, 4.69) is 26.0 Å². The van der Waals surface area contributed by atoms with Gasteiger partial charge in [-0.2, -0.15) is 0 Å². The van der Waals surface area contributed by atoms with Crippen LogP contribution in [0.25, 0.3) is 0 Å². The van der Waals surface area contributed by atoms with Crippen LogP contribution in [0.5, 0.6) is 0 Å². The lowest BCUT2D eigenvalue weighted by Crippen LogP contribution is -2.29. The second kappa shape index (κ2) is 64.9. The number of hydrogen-bond donors (Lipinski definition) is 2. The number of carbonyl (C=O) groups excluding carboxylic acids is 2. The Morgan fingerprint density at radius 2 is 0.628 bits per heavy atom. The van der Waals surface area contributed by atoms with Crippen LogP contribution >= 0.6 is 7.82 Å². The van der Waals surface area contributed by atoms with Gasteiger partial charge >= 0.3 is 19.8 Å². The topological polar surface area (TPSA) is 134 Å². The standard InChI is InChI=1S/C68H134NO8P/c1-3-5-7-9-11-13-15-17-19-21-23-25-27-29-31-32-33-35-36-38-40-42-44-46-48-50-52-54-56-58-60-67(70)74-64-66(65-76-78(72,73)75-63-62-69)77-68(71)61-59-57-55-53-51-49-47-45-43-41-39-37-34-30-28-26-24-22-20-18-16-14-12-10-8-6-4-2/h22,24,66H,3-21,23,25-65,69H2,1-2H3,(H,72,73)/b24-22-. The van der Waals surface area contributed by atoms with Gasteiger partial charge in [-0.1, -0.05) is 341 Å². The van der Waals surface area contributed by atoms with Crippen LogP contribution in [0.2, 0.25) is 0 Å². The minimum atomic E-state index is -4.39. The van der Waals surface area contributed by atoms with Crippen molar-refractivity contribution >= 4 is 19.8 Å². The van der Waals surface area contributed by atoms with Crippen molar-refractivity contribution in [1.29, 1.82) is 0 Å². The van der Waals surface area contributed by atoms with E-state index in [1.165, 1.54) is 315 Å². The molecule has 0 heterocycles. The molecule has 0 aliphatic heterocycles. The molecular formula is C68H134NO8P. The Morgan fingerprint density at radius 3 is 0.910 bits per heavy atom. The van der Waals surface area contributed by atoms with E-state index in [0.29, 0.717) is 6.42 Å². The molecule has 0 spiro atoms. The lowest BCUT2D eigenvalue weighted by Gasteiger charge is -2.19. The van der Waals surface area contributed by atoms with Gasteiger partial charge in [0.15, 0.2) is 6.10 Å². The summed E-state index contributed by atoms with van der Waals surface area (Å²) in [6.45, 7) is 3.83. The number of esters is 2. The van der Waals surface area contributed by atoms with Gasteiger partial charge in [-0.25, -0.2) is 4.57 Å². The van der Waals surface area contributed by atoms with Crippen molar-refractivity contribution in [2.45, 2.75) is 386 Å². The van der Waals surface area contributed by atoms with E-state index in [0.717, 1.165) is 32.1 Å². The lowest BCUT2D eigenvalue weighted by atomic mass is 10.0. The van der Waals surface area contributed by atoms with Gasteiger partial charge in [0.2, 0.25) is 0 Å². The summed E-state index contributed by atoms with van der Waals surface area (Å²) in [7, 11) is -4.39. The summed E-state index contributed by atoms with van der Waals surface area (Å²) in [5.74, 6) is -0.801. The number of phosphoric acid groups is 1. The first-order valence-corrected chi connectivity index (χ1v) is 36.2. The summed E-state index contributed by atoms with van der Waals surface area (Å²) in [4.78, 5) is 35.3. The molecule has 0 saturated carbocycles. The molecule has 3 N–H and O–H groups in total. The van der Waals surface area contributed by atoms with Crippen LogP contribution in [0, 0.1) is 0 Å². The highest BCUT2D eigenvalue weighted by Crippen LogP contribution is 2.43. The second-order valence-corrected chi connectivity index (χ2v) is 25.2. The third-order valence-electron chi connectivity index (χ3n) is 15.9. The molecule has 0 fully saturated rings. The molecule has 0 aromatic carbocycles. The fourth-order valence-electron chi connectivity index (χ4n) is 10.8. The van der Waals surface area contributed by atoms with Crippen LogP contribution in [0.4, 0.5) is 0 Å². The smallest absolute Gasteiger partial charge is 0.462 e. The van der Waals surface area contributed by atoms with Gasteiger partial charge in [-0.3, -0.25) is 18.6 Å². The van der Waals surface area contributed by atoms with Crippen LogP contribution < -0.4 is 5.73 Å². The molecule has 0 aromatic heterocycles. The van der Waals surface area contributed by atoms with Crippen LogP contribution in [0.15, 0.2) is 12.2 Å². The van der Waals surface area contributed by atoms with Crippen LogP contribution in [-0.2, 0) is 32.7 Å². The Balaban J connectivity index is 3.81. The Hall–Kier alpha value is -1.25. The quantitative estimate of drug-likeness (QED) is 0.0264. The summed E-state index contributed by atoms with van der Waals surface area (Å²) < 4.78 is 33.2. The fraction of sp³-hybridized carbons (Fsp3) is 0.941. The predicted molar refractivity (Wildman–Crippen MR) is 335 cm³/mol. The Morgan fingerprint density at radius 1 is 0.372 bits per heavy atom. The molecule has 10 heteroatoms. The first-order valence-electron chi connectivity index (χ1n) is 34.7. The SMILES string of the molecule is CCCCCCCCCC/C=C\CCCCCCCCCCCCCCCCCC(=O)OC(COC(=O)CCCCCCCCCCCCCCCCCCCCCCCCCCCCCCCC)COP(=O)(O)OCCN. The van der Waals surface area contributed by atoms with E-state index in [9.17, 15) is 19.0 Å². The van der Waals surface area contributed by atoms with Gasteiger partial charge in [0.05, 0.1) is 13.2 Å². The van der Waals surface area contributed by atoms with Crippen LogP contribution in [0.3, 0.4) is 0 Å². The molecule has 0 aliphatic carbocycles. The lowest BCUT2D eigenvalue weighted by molar-refractivity contribution is -0.161. The second-order valence-electron chi connectivity index (χ2n) is 23.8. The maximum Gasteiger partial charge on any atom is 0.472 e. The zero-order valence-corrected chi connectivity index (χ0v) is 53.1. The number of nitrogens with two attached hydrogens (primary N) is 1. The fourth-order valence-corrected chi connectivity index (χ4v) is 11.5. The van der Waals surface area contributed by atoms with E-state index in [1.807, 2.05) is 0 Å². The maximum atomic E-state index is 12.8. The first-order chi connectivity index (χ1) is 38.3. The molecule has 0 amide bonds. The zero-order chi connectivity index (χ0) is 56.6. The van der Waals surface area contributed by atoms with E-state index in [1.54, 1.807) is 0 Å². The van der Waals surface area contributed by atoms with Gasteiger partial charge in [-0.05, 0) is 38.5 Å². The van der Waals surface area contributed by atoms with Crippen molar-refractivity contribution < 1.29 is 37.6 Å². The molecule has 0 aromatic rings. The molecule has 0 bridgehead atoms. The molecule has 0 aliphatic rings. The van der Waals surface area contributed by atoms with Crippen molar-refractivity contribution in [2.75, 3.05) is 26.4 Å². The highest BCUT2D eigenvalue weighted by atomic mass is 31.2. The Bertz CT molecular complexity index is 1280. The molecule has 464 valence electrons. The first kappa shape index (κ1) is 76.8. The predicted octanol–water partition coefficient (Wildman–Crippen LogP) is 22.4. The van der Waals surface area contributed by atoms with Gasteiger partial charge in [-0.15, -0.1) is 0 Å². The number of allylic oxidation sites excluding steroid dienone is 2. The van der Waals surface area contributed by atoms with Crippen LogP contribution in [0.1, 0.15) is 380 Å². The third kappa shape index (κ3) is 63.9. The Kier molecular flexibility index (Phi) is 63.9. The summed E-state index contributed by atoms with van der Waals surface area (Å²) in [6, 6.07) is 0. The third-order valence-corrected chi connectivity index (χ3v) is 16.9. The molecular weight excluding hydrogens is 990 g/mol. The monoisotopic (exact) mass is 1120 g/mol. The summed E-state index contributed by atoms with van der Waals surface area (Å²) in [6.07, 6.45) is 77.4. The summed E-state index contributed by atoms with van der Waals surface area (Å²) in [5, 5.41) is 0. The molecule has 2 unspecified atom stereocenters. The highest BCUT2D eigenvalue weighted by molar-refractivity contribution is 7.47. The zero-order valence-electron chi connectivity index (χ0n) is 52.2. The number of ether oxygens (including phenoxy) is 2. The minimum Gasteiger partial charge on any atom is -0.462 e. The van der Waals surface area contributed by atoms with Gasteiger partial charge in [0, 0.05) is 19.4 Å². The normalized spacial score (nSPS) is 12.9. The average molecular weight is 1120 g/mol. The summed E-state index contributed by atoms with van der Waals surface area (Å²) >= 11 is 0. The van der Waals surface area contributed by atoms with E-state index in [-0.39, 0.29) is 38.6 Å². The Labute approximate surface area is 485 Å². The number of rotatable bonds is 67.